The van der Waals surface area contributed by atoms with Crippen LogP contribution in [0.4, 0.5) is 0 Å². The number of carboxylic acid groups (broad SMARTS) is 2. The quantitative estimate of drug-likeness (QED) is 0.624. The van der Waals surface area contributed by atoms with Crippen LogP contribution in [0.5, 0.6) is 0 Å². The first-order valence-electron chi connectivity index (χ1n) is 11.1. The Morgan fingerprint density at radius 1 is 0.929 bits per heavy atom. The molecule has 4 rings (SSSR count). The van der Waals surface area contributed by atoms with Crippen LogP contribution in [-0.2, 0) is 9.59 Å². The van der Waals surface area contributed by atoms with Crippen molar-refractivity contribution in [3.8, 4) is 0 Å². The van der Waals surface area contributed by atoms with Gasteiger partial charge in [0, 0.05) is 0 Å². The van der Waals surface area contributed by atoms with Crippen LogP contribution in [0.1, 0.15) is 86.0 Å². The van der Waals surface area contributed by atoms with E-state index in [0.717, 1.165) is 51.4 Å². The first-order chi connectivity index (χ1) is 12.9. The van der Waals surface area contributed by atoms with Crippen LogP contribution in [0.3, 0.4) is 0 Å². The van der Waals surface area contributed by atoms with Crippen molar-refractivity contribution in [1.82, 2.24) is 0 Å². The highest BCUT2D eigenvalue weighted by atomic mass is 16.4. The normalized spacial score (nSPS) is 48.6. The molecule has 0 aliphatic heterocycles. The molecule has 0 amide bonds. The van der Waals surface area contributed by atoms with Crippen molar-refractivity contribution in [2.24, 2.45) is 39.4 Å². The summed E-state index contributed by atoms with van der Waals surface area (Å²) >= 11 is 0. The van der Waals surface area contributed by atoms with E-state index >= 15 is 0 Å². The fraction of sp³-hybridized carbons (Fsp3) is 0.833. The molecule has 7 atom stereocenters. The molecule has 4 heteroatoms. The SMILES string of the molecule is CC(C(=O)O)C1CCC2(C)C3=C(CCC12C)C1(C)CCC(C)(C(=O)O)C1CC3. The molecule has 4 aliphatic carbocycles. The second-order valence-corrected chi connectivity index (χ2v) is 11.2. The molecule has 0 aromatic carbocycles. The van der Waals surface area contributed by atoms with Crippen LogP contribution >= 0.6 is 0 Å². The Hall–Kier alpha value is -1.32. The van der Waals surface area contributed by atoms with Gasteiger partial charge in [-0.05, 0) is 86.4 Å². The number of carbonyl (C=O) groups is 2. The summed E-state index contributed by atoms with van der Waals surface area (Å²) in [5.41, 5.74) is 2.62. The lowest BCUT2D eigenvalue weighted by Gasteiger charge is -2.57. The zero-order chi connectivity index (χ0) is 20.7. The largest absolute Gasteiger partial charge is 0.481 e. The van der Waals surface area contributed by atoms with E-state index in [1.165, 1.54) is 0 Å². The maximum Gasteiger partial charge on any atom is 0.309 e. The van der Waals surface area contributed by atoms with Crippen molar-refractivity contribution in [2.45, 2.75) is 86.0 Å². The topological polar surface area (TPSA) is 74.6 Å². The smallest absolute Gasteiger partial charge is 0.309 e. The van der Waals surface area contributed by atoms with Crippen molar-refractivity contribution < 1.29 is 19.8 Å². The van der Waals surface area contributed by atoms with E-state index < -0.39 is 17.4 Å². The molecular formula is C24H36O4. The van der Waals surface area contributed by atoms with Gasteiger partial charge in [-0.25, -0.2) is 0 Å². The molecule has 2 saturated carbocycles. The van der Waals surface area contributed by atoms with Gasteiger partial charge < -0.3 is 10.2 Å². The summed E-state index contributed by atoms with van der Waals surface area (Å²) in [6.07, 6.45) is 7.82. The number of allylic oxidation sites excluding steroid dienone is 2. The first kappa shape index (κ1) is 20.0. The second-order valence-electron chi connectivity index (χ2n) is 11.2. The van der Waals surface area contributed by atoms with Crippen LogP contribution in [-0.4, -0.2) is 22.2 Å². The summed E-state index contributed by atoms with van der Waals surface area (Å²) in [4.78, 5) is 23.8. The minimum absolute atomic E-state index is 0.00155. The number of aliphatic carboxylic acids is 2. The van der Waals surface area contributed by atoms with Gasteiger partial charge in [0.15, 0.2) is 0 Å². The highest BCUT2D eigenvalue weighted by Gasteiger charge is 2.65. The van der Waals surface area contributed by atoms with E-state index in [0.29, 0.717) is 0 Å². The maximum absolute atomic E-state index is 12.1. The predicted octanol–water partition coefficient (Wildman–Crippen LogP) is 5.52. The molecule has 4 aliphatic rings. The Kier molecular flexibility index (Phi) is 4.18. The molecule has 0 saturated heterocycles. The Labute approximate surface area is 168 Å². The molecule has 7 unspecified atom stereocenters. The van der Waals surface area contributed by atoms with E-state index in [9.17, 15) is 19.8 Å². The van der Waals surface area contributed by atoms with Crippen molar-refractivity contribution in [3.05, 3.63) is 11.1 Å². The van der Waals surface area contributed by atoms with Gasteiger partial charge in [-0.3, -0.25) is 9.59 Å². The monoisotopic (exact) mass is 388 g/mol. The zero-order valence-corrected chi connectivity index (χ0v) is 18.1. The molecule has 4 nitrogen and oxygen atoms in total. The molecule has 0 bridgehead atoms. The van der Waals surface area contributed by atoms with E-state index in [2.05, 4.69) is 20.8 Å². The van der Waals surface area contributed by atoms with E-state index in [1.807, 2.05) is 13.8 Å². The predicted molar refractivity (Wildman–Crippen MR) is 108 cm³/mol. The molecule has 28 heavy (non-hydrogen) atoms. The third-order valence-corrected chi connectivity index (χ3v) is 10.5. The summed E-state index contributed by atoms with van der Waals surface area (Å²) in [5.74, 6) is -1.16. The minimum Gasteiger partial charge on any atom is -0.481 e. The number of rotatable bonds is 3. The number of carboxylic acids is 2. The number of hydrogen-bond acceptors (Lipinski definition) is 2. The highest BCUT2D eigenvalue weighted by Crippen LogP contribution is 2.73. The van der Waals surface area contributed by atoms with Crippen LogP contribution < -0.4 is 0 Å². The van der Waals surface area contributed by atoms with Crippen molar-refractivity contribution in [2.75, 3.05) is 0 Å². The Morgan fingerprint density at radius 3 is 2.21 bits per heavy atom. The zero-order valence-electron chi connectivity index (χ0n) is 18.1. The molecule has 0 radical (unpaired) electrons. The average molecular weight is 389 g/mol. The molecule has 0 aromatic heterocycles. The Balaban J connectivity index is 1.77. The van der Waals surface area contributed by atoms with Crippen LogP contribution in [0.2, 0.25) is 0 Å². The van der Waals surface area contributed by atoms with Crippen LogP contribution in [0.15, 0.2) is 11.1 Å². The Morgan fingerprint density at radius 2 is 1.61 bits per heavy atom. The highest BCUT2D eigenvalue weighted by molar-refractivity contribution is 5.75. The fourth-order valence-corrected chi connectivity index (χ4v) is 8.43. The molecular weight excluding hydrogens is 352 g/mol. The number of hydrogen-bond donors (Lipinski definition) is 2. The van der Waals surface area contributed by atoms with Gasteiger partial charge in [-0.1, -0.05) is 38.8 Å². The molecule has 2 fully saturated rings. The first-order valence-corrected chi connectivity index (χ1v) is 11.1. The maximum atomic E-state index is 12.1. The van der Waals surface area contributed by atoms with Crippen LogP contribution in [0.25, 0.3) is 0 Å². The molecule has 0 heterocycles. The molecule has 156 valence electrons. The van der Waals surface area contributed by atoms with Gasteiger partial charge in [-0.2, -0.15) is 0 Å². The van der Waals surface area contributed by atoms with Gasteiger partial charge in [0.1, 0.15) is 0 Å². The van der Waals surface area contributed by atoms with Gasteiger partial charge in [0.05, 0.1) is 11.3 Å². The van der Waals surface area contributed by atoms with Gasteiger partial charge in [0.25, 0.3) is 0 Å². The van der Waals surface area contributed by atoms with Crippen molar-refractivity contribution in [1.29, 1.82) is 0 Å². The Bertz CT molecular complexity index is 769. The summed E-state index contributed by atoms with van der Waals surface area (Å²) < 4.78 is 0. The summed E-state index contributed by atoms with van der Waals surface area (Å²) in [6.45, 7) is 10.9. The lowest BCUT2D eigenvalue weighted by Crippen LogP contribution is -2.49. The van der Waals surface area contributed by atoms with Gasteiger partial charge in [-0.15, -0.1) is 0 Å². The van der Waals surface area contributed by atoms with Gasteiger partial charge in [0.2, 0.25) is 0 Å². The van der Waals surface area contributed by atoms with Crippen molar-refractivity contribution >= 4 is 11.9 Å². The third-order valence-electron chi connectivity index (χ3n) is 10.5. The number of fused-ring (bicyclic) bond motifs is 4. The second kappa shape index (κ2) is 5.86. The summed E-state index contributed by atoms with van der Waals surface area (Å²) in [6, 6.07) is 0. The summed E-state index contributed by atoms with van der Waals surface area (Å²) in [5, 5.41) is 19.6. The van der Waals surface area contributed by atoms with Crippen molar-refractivity contribution in [3.63, 3.8) is 0 Å². The summed E-state index contributed by atoms with van der Waals surface area (Å²) in [7, 11) is 0. The fourth-order valence-electron chi connectivity index (χ4n) is 8.43. The van der Waals surface area contributed by atoms with E-state index in [1.54, 1.807) is 11.1 Å². The molecule has 2 N–H and O–H groups in total. The minimum atomic E-state index is -0.668. The average Bonchev–Trinajstić information content (AvgIpc) is 3.06. The molecule has 0 aromatic rings. The van der Waals surface area contributed by atoms with E-state index in [4.69, 9.17) is 0 Å². The standard InChI is InChI=1S/C24H36O4/c1-14(19(25)26)15-8-10-24(5)17-6-7-18-21(2,12-13-22(18,3)20(27)28)16(17)9-11-23(15,24)4/h14-15,18H,6-13H2,1-5H3,(H,25,26)(H,27,28). The van der Waals surface area contributed by atoms with E-state index in [-0.39, 0.29) is 34.0 Å². The van der Waals surface area contributed by atoms with Crippen LogP contribution in [0, 0.1) is 39.4 Å². The molecule has 0 spiro atoms. The third kappa shape index (κ3) is 2.18. The lowest BCUT2D eigenvalue weighted by molar-refractivity contribution is -0.151. The van der Waals surface area contributed by atoms with Gasteiger partial charge >= 0.3 is 11.9 Å². The lowest BCUT2D eigenvalue weighted by atomic mass is 9.47.